The Labute approximate surface area is 397 Å². The van der Waals surface area contributed by atoms with Gasteiger partial charge < -0.3 is 52.8 Å². The number of aromatic nitrogens is 2. The number of amides is 5. The molecule has 5 amide bonds. The lowest BCUT2D eigenvalue weighted by Gasteiger charge is -2.32. The minimum atomic E-state index is -1.41. The minimum absolute atomic E-state index is 0.000763. The zero-order chi connectivity index (χ0) is 49.5. The molecular formula is C50H63N11O7. The Balaban J connectivity index is 1.55. The summed E-state index contributed by atoms with van der Waals surface area (Å²) in [4.78, 5) is 81.2. The van der Waals surface area contributed by atoms with E-state index in [1.165, 1.54) is 24.4 Å². The van der Waals surface area contributed by atoms with Crippen molar-refractivity contribution in [2.24, 2.45) is 17.2 Å². The molecule has 4 aromatic rings. The number of benzene rings is 3. The van der Waals surface area contributed by atoms with Gasteiger partial charge in [0.1, 0.15) is 55.4 Å². The largest absolute Gasteiger partial charge is 0.492 e. The third-order valence-corrected chi connectivity index (χ3v) is 11.6. The average molecular weight is 930 g/mol. The molecule has 4 atom stereocenters. The summed E-state index contributed by atoms with van der Waals surface area (Å²) in [6, 6.07) is 14.9. The maximum atomic E-state index is 14.8. The minimum Gasteiger partial charge on any atom is -0.492 e. The second-order valence-electron chi connectivity index (χ2n) is 16.4. The third-order valence-electron chi connectivity index (χ3n) is 11.6. The normalized spacial score (nSPS) is 16.1. The molecule has 1 aromatic heterocycles. The molecule has 0 spiro atoms. The number of carbonyl (C=O) groups excluding carboxylic acids is 5. The molecule has 0 saturated heterocycles. The quantitative estimate of drug-likeness (QED) is 0.0708. The van der Waals surface area contributed by atoms with Crippen LogP contribution in [0.1, 0.15) is 84.5 Å². The SMILES string of the molecule is CCC(=Cc1ccc(-c2nc(C)c(C(=O)NC(CCN)C(=O)N(C)[C@@H]3C(=O)N[C@@H](C)C(=O)N[C@H](C(=O)NCC#N)Cc4ccc(OCCN)c(c4)-c4cc3ccc4OCCN)c(C)n2)cc1)CC. The number of ether oxygens (including phenoxy) is 2. The molecule has 0 aliphatic carbocycles. The van der Waals surface area contributed by atoms with Gasteiger partial charge in [0.05, 0.1) is 23.0 Å². The lowest BCUT2D eigenvalue weighted by molar-refractivity contribution is -0.141. The summed E-state index contributed by atoms with van der Waals surface area (Å²) in [5.41, 5.74) is 23.7. The number of nitrogens with one attached hydrogen (secondary N) is 4. The van der Waals surface area contributed by atoms with Gasteiger partial charge >= 0.3 is 0 Å². The van der Waals surface area contributed by atoms with Crippen LogP contribution in [0.15, 0.2) is 66.2 Å². The van der Waals surface area contributed by atoms with E-state index in [4.69, 9.17) is 26.7 Å². The van der Waals surface area contributed by atoms with E-state index in [0.29, 0.717) is 51.0 Å². The van der Waals surface area contributed by atoms with Crippen molar-refractivity contribution in [3.8, 4) is 40.1 Å². The third kappa shape index (κ3) is 12.8. The fourth-order valence-corrected chi connectivity index (χ4v) is 7.95. The summed E-state index contributed by atoms with van der Waals surface area (Å²) in [6.07, 6.45) is 4.09. The number of rotatable bonds is 18. The maximum Gasteiger partial charge on any atom is 0.255 e. The first-order valence-corrected chi connectivity index (χ1v) is 22.8. The van der Waals surface area contributed by atoms with Crippen molar-refractivity contribution in [3.63, 3.8) is 0 Å². The van der Waals surface area contributed by atoms with Gasteiger partial charge in [-0.05, 0) is 87.5 Å². The first kappa shape index (κ1) is 51.8. The van der Waals surface area contributed by atoms with Crippen molar-refractivity contribution in [1.29, 1.82) is 5.26 Å². The standard InChI is InChI=1S/C50H63N11O7/c1-7-32(8-2)25-33-9-12-35(13-10-33)45-56-29(3)43(30(4)57-45)48(64)59-39(17-18-51)50(66)61(6)44-36-14-16-42(68-24-21-54)38(28-36)37-26-34(11-15-41(37)67-23-20-53)27-40(47(63)55-22-19-52)60-46(62)31(5)58-49(44)65/h9-16,25-26,28,31,39-40,44H,7-8,17-18,20-24,27,51,53-54H2,1-6H3,(H,55,63)(H,58,65)(H,59,64)(H,60,62)/t31-,39?,40-,44-/m0/s1. The molecule has 3 aromatic carbocycles. The molecule has 18 nitrogen and oxygen atoms in total. The van der Waals surface area contributed by atoms with Crippen LogP contribution in [0.4, 0.5) is 0 Å². The van der Waals surface area contributed by atoms with E-state index in [1.807, 2.05) is 30.3 Å². The average Bonchev–Trinajstić information content (AvgIpc) is 3.32. The molecule has 0 radical (unpaired) electrons. The van der Waals surface area contributed by atoms with Crippen LogP contribution in [-0.4, -0.2) is 109 Å². The number of nitriles is 1. The van der Waals surface area contributed by atoms with E-state index in [9.17, 15) is 29.2 Å². The van der Waals surface area contributed by atoms with Gasteiger partial charge in [0, 0.05) is 43.2 Å². The summed E-state index contributed by atoms with van der Waals surface area (Å²) in [5.74, 6) is -2.14. The van der Waals surface area contributed by atoms with Crippen molar-refractivity contribution in [2.75, 3.05) is 46.4 Å². The summed E-state index contributed by atoms with van der Waals surface area (Å²) in [5, 5.41) is 20.0. The number of hydrogen-bond acceptors (Lipinski definition) is 13. The van der Waals surface area contributed by atoms with Gasteiger partial charge in [-0.15, -0.1) is 0 Å². The van der Waals surface area contributed by atoms with Crippen molar-refractivity contribution in [3.05, 3.63) is 99.9 Å². The molecule has 18 heteroatoms. The molecule has 0 saturated carbocycles. The number of nitrogens with two attached hydrogens (primary N) is 3. The molecule has 1 unspecified atom stereocenters. The van der Waals surface area contributed by atoms with E-state index in [1.54, 1.807) is 50.2 Å². The highest BCUT2D eigenvalue weighted by Gasteiger charge is 2.36. The Morgan fingerprint density at radius 2 is 1.50 bits per heavy atom. The molecule has 5 rings (SSSR count). The molecule has 10 N–H and O–H groups in total. The monoisotopic (exact) mass is 929 g/mol. The summed E-state index contributed by atoms with van der Waals surface area (Å²) < 4.78 is 12.2. The van der Waals surface area contributed by atoms with Crippen LogP contribution in [-0.2, 0) is 25.6 Å². The predicted octanol–water partition coefficient (Wildman–Crippen LogP) is 3.14. The van der Waals surface area contributed by atoms with Gasteiger partial charge in [-0.3, -0.25) is 24.0 Å². The molecule has 4 bridgehead atoms. The molecule has 1 aliphatic rings. The zero-order valence-electron chi connectivity index (χ0n) is 39.6. The highest BCUT2D eigenvalue weighted by atomic mass is 16.5. The lowest BCUT2D eigenvalue weighted by atomic mass is 9.93. The van der Waals surface area contributed by atoms with Gasteiger partial charge in [-0.1, -0.05) is 61.9 Å². The second kappa shape index (κ2) is 24.5. The van der Waals surface area contributed by atoms with Crippen LogP contribution in [0.25, 0.3) is 28.6 Å². The molecule has 68 heavy (non-hydrogen) atoms. The molecule has 1 aliphatic heterocycles. The van der Waals surface area contributed by atoms with Gasteiger partial charge in [0.25, 0.3) is 5.91 Å². The Bertz CT molecular complexity index is 2510. The second-order valence-corrected chi connectivity index (χ2v) is 16.4. The van der Waals surface area contributed by atoms with Gasteiger partial charge in [-0.25, -0.2) is 9.97 Å². The summed E-state index contributed by atoms with van der Waals surface area (Å²) in [7, 11) is 1.42. The van der Waals surface area contributed by atoms with E-state index < -0.39 is 53.7 Å². The van der Waals surface area contributed by atoms with E-state index in [0.717, 1.165) is 24.0 Å². The number of nitrogens with zero attached hydrogens (tertiary/aromatic N) is 4. The van der Waals surface area contributed by atoms with E-state index in [-0.39, 0.29) is 57.8 Å². The van der Waals surface area contributed by atoms with Crippen molar-refractivity contribution in [1.82, 2.24) is 36.1 Å². The fraction of sp³-hybridized carbons (Fsp3) is 0.400. The van der Waals surface area contributed by atoms with Gasteiger partial charge in [0.2, 0.25) is 23.6 Å². The van der Waals surface area contributed by atoms with Crippen LogP contribution in [0, 0.1) is 25.2 Å². The fourth-order valence-electron chi connectivity index (χ4n) is 7.95. The Kier molecular flexibility index (Phi) is 18.7. The molecule has 2 heterocycles. The van der Waals surface area contributed by atoms with E-state index in [2.05, 4.69) is 51.2 Å². The number of allylic oxidation sites excluding steroid dienone is 1. The van der Waals surface area contributed by atoms with Crippen LogP contribution in [0.5, 0.6) is 11.5 Å². The van der Waals surface area contributed by atoms with Gasteiger partial charge in [-0.2, -0.15) is 5.26 Å². The topological polar surface area (TPSA) is 283 Å². The van der Waals surface area contributed by atoms with E-state index >= 15 is 0 Å². The smallest absolute Gasteiger partial charge is 0.255 e. The number of likely N-dealkylation sites (N-methyl/N-ethyl adjacent to an activating group) is 1. The number of hydrogen-bond donors (Lipinski definition) is 7. The number of fused-ring (bicyclic) bond motifs is 5. The summed E-state index contributed by atoms with van der Waals surface area (Å²) in [6.45, 7) is 9.45. The van der Waals surface area contributed by atoms with Crippen LogP contribution < -0.4 is 47.9 Å². The first-order chi connectivity index (χ1) is 32.7. The predicted molar refractivity (Wildman–Crippen MR) is 259 cm³/mol. The molecular weight excluding hydrogens is 867 g/mol. The van der Waals surface area contributed by atoms with Crippen molar-refractivity contribution in [2.45, 2.75) is 84.5 Å². The first-order valence-electron chi connectivity index (χ1n) is 22.8. The van der Waals surface area contributed by atoms with Crippen LogP contribution >= 0.6 is 0 Å². The Morgan fingerprint density at radius 3 is 2.09 bits per heavy atom. The Morgan fingerprint density at radius 1 is 0.882 bits per heavy atom. The molecule has 360 valence electrons. The Hall–Kier alpha value is -7.20. The van der Waals surface area contributed by atoms with Crippen molar-refractivity contribution >= 4 is 35.6 Å². The lowest BCUT2D eigenvalue weighted by Crippen LogP contribution is -2.56. The van der Waals surface area contributed by atoms with Crippen LogP contribution in [0.2, 0.25) is 0 Å². The van der Waals surface area contributed by atoms with Crippen molar-refractivity contribution < 1.29 is 33.4 Å². The summed E-state index contributed by atoms with van der Waals surface area (Å²) >= 11 is 0. The maximum absolute atomic E-state index is 14.8. The zero-order valence-corrected chi connectivity index (χ0v) is 39.6. The number of aryl methyl sites for hydroxylation is 2. The molecule has 0 fully saturated rings. The van der Waals surface area contributed by atoms with Gasteiger partial charge in [0.15, 0.2) is 5.82 Å². The highest BCUT2D eigenvalue weighted by molar-refractivity contribution is 6.00. The van der Waals surface area contributed by atoms with Crippen LogP contribution in [0.3, 0.4) is 0 Å². The number of carbonyl (C=O) groups is 5. The highest BCUT2D eigenvalue weighted by Crippen LogP contribution is 2.40.